The summed E-state index contributed by atoms with van der Waals surface area (Å²) in [5.74, 6) is -0.278. The molecule has 0 aliphatic heterocycles. The van der Waals surface area contributed by atoms with E-state index in [2.05, 4.69) is 10.4 Å². The van der Waals surface area contributed by atoms with Crippen LogP contribution in [0.2, 0.25) is 5.02 Å². The number of hydrogen-bond acceptors (Lipinski definition) is 3. The van der Waals surface area contributed by atoms with Crippen LogP contribution in [0.15, 0.2) is 30.5 Å². The summed E-state index contributed by atoms with van der Waals surface area (Å²) < 4.78 is 1.63. The van der Waals surface area contributed by atoms with E-state index in [1.165, 1.54) is 0 Å². The van der Waals surface area contributed by atoms with E-state index in [-0.39, 0.29) is 11.6 Å². The zero-order chi connectivity index (χ0) is 13.8. The van der Waals surface area contributed by atoms with Crippen LogP contribution in [0.25, 0.3) is 0 Å². The summed E-state index contributed by atoms with van der Waals surface area (Å²) in [5, 5.41) is 7.56. The molecule has 2 aromatic rings. The van der Waals surface area contributed by atoms with Crippen molar-refractivity contribution in [3.63, 3.8) is 0 Å². The number of benzene rings is 1. The Morgan fingerprint density at radius 2 is 2.11 bits per heavy atom. The highest BCUT2D eigenvalue weighted by Crippen LogP contribution is 2.11. The van der Waals surface area contributed by atoms with Gasteiger partial charge in [0.25, 0.3) is 5.91 Å². The maximum Gasteiger partial charge on any atom is 0.274 e. The standard InChI is InChI=1S/C13H15ClN4O/c1-2-18-8-11(15)12(17-18)13(19)16-7-9-3-5-10(14)6-4-9/h3-6,8H,2,7,15H2,1H3,(H,16,19). The molecule has 2 rings (SSSR count). The van der Waals surface area contributed by atoms with Crippen LogP contribution in [0.3, 0.4) is 0 Å². The summed E-state index contributed by atoms with van der Waals surface area (Å²) in [7, 11) is 0. The van der Waals surface area contributed by atoms with Gasteiger partial charge in [-0.15, -0.1) is 0 Å². The summed E-state index contributed by atoms with van der Waals surface area (Å²) in [6.07, 6.45) is 1.65. The van der Waals surface area contributed by atoms with Crippen molar-refractivity contribution in [3.8, 4) is 0 Å². The molecular weight excluding hydrogens is 264 g/mol. The molecule has 5 nitrogen and oxygen atoms in total. The lowest BCUT2D eigenvalue weighted by molar-refractivity contribution is 0.0946. The molecule has 0 aliphatic carbocycles. The number of amides is 1. The number of nitrogens with two attached hydrogens (primary N) is 1. The van der Waals surface area contributed by atoms with E-state index in [4.69, 9.17) is 17.3 Å². The monoisotopic (exact) mass is 278 g/mol. The van der Waals surface area contributed by atoms with Crippen LogP contribution in [0.1, 0.15) is 23.0 Å². The van der Waals surface area contributed by atoms with Gasteiger partial charge in [-0.2, -0.15) is 5.10 Å². The molecule has 0 saturated heterocycles. The van der Waals surface area contributed by atoms with Crippen LogP contribution in [0.5, 0.6) is 0 Å². The average molecular weight is 279 g/mol. The molecule has 1 aromatic heterocycles. The molecular formula is C13H15ClN4O. The van der Waals surface area contributed by atoms with Gasteiger partial charge in [-0.1, -0.05) is 23.7 Å². The van der Waals surface area contributed by atoms with Crippen molar-refractivity contribution >= 4 is 23.2 Å². The molecule has 0 bridgehead atoms. The van der Waals surface area contributed by atoms with Crippen LogP contribution < -0.4 is 11.1 Å². The van der Waals surface area contributed by atoms with E-state index in [1.54, 1.807) is 23.0 Å². The number of aryl methyl sites for hydroxylation is 1. The molecule has 3 N–H and O–H groups in total. The zero-order valence-corrected chi connectivity index (χ0v) is 11.3. The van der Waals surface area contributed by atoms with Crippen molar-refractivity contribution in [2.45, 2.75) is 20.0 Å². The average Bonchev–Trinajstić information content (AvgIpc) is 2.79. The molecule has 19 heavy (non-hydrogen) atoms. The first kappa shape index (κ1) is 13.4. The Bertz CT molecular complexity index is 577. The lowest BCUT2D eigenvalue weighted by atomic mass is 10.2. The predicted octanol–water partition coefficient (Wildman–Crippen LogP) is 2.07. The minimum absolute atomic E-state index is 0.260. The van der Waals surface area contributed by atoms with Gasteiger partial charge in [0.1, 0.15) is 0 Å². The quantitative estimate of drug-likeness (QED) is 0.899. The molecule has 1 heterocycles. The number of nitrogen functional groups attached to an aromatic ring is 1. The number of rotatable bonds is 4. The molecule has 0 atom stereocenters. The Hall–Kier alpha value is -2.01. The second-order valence-electron chi connectivity index (χ2n) is 4.10. The van der Waals surface area contributed by atoms with Crippen molar-refractivity contribution in [3.05, 3.63) is 46.7 Å². The van der Waals surface area contributed by atoms with Gasteiger partial charge in [0, 0.05) is 24.3 Å². The molecule has 0 spiro atoms. The fourth-order valence-electron chi connectivity index (χ4n) is 1.64. The number of nitrogens with zero attached hydrogens (tertiary/aromatic N) is 2. The van der Waals surface area contributed by atoms with E-state index in [0.29, 0.717) is 23.8 Å². The lowest BCUT2D eigenvalue weighted by Gasteiger charge is -2.04. The third kappa shape index (κ3) is 3.26. The summed E-state index contributed by atoms with van der Waals surface area (Å²) in [6, 6.07) is 7.28. The lowest BCUT2D eigenvalue weighted by Crippen LogP contribution is -2.24. The van der Waals surface area contributed by atoms with Gasteiger partial charge < -0.3 is 11.1 Å². The number of anilines is 1. The SMILES string of the molecule is CCn1cc(N)c(C(=O)NCc2ccc(Cl)cc2)n1. The van der Waals surface area contributed by atoms with Crippen LogP contribution in [-0.2, 0) is 13.1 Å². The molecule has 0 saturated carbocycles. The maximum atomic E-state index is 11.9. The summed E-state index contributed by atoms with van der Waals surface area (Å²) in [5.41, 5.74) is 7.35. The Labute approximate surface area is 116 Å². The normalized spacial score (nSPS) is 10.4. The first-order valence-corrected chi connectivity index (χ1v) is 6.33. The van der Waals surface area contributed by atoms with Crippen molar-refractivity contribution < 1.29 is 4.79 Å². The summed E-state index contributed by atoms with van der Waals surface area (Å²) in [4.78, 5) is 11.9. The van der Waals surface area contributed by atoms with Crippen LogP contribution in [0.4, 0.5) is 5.69 Å². The molecule has 100 valence electrons. The Balaban J connectivity index is 2.01. The third-order valence-corrected chi connectivity index (χ3v) is 2.95. The van der Waals surface area contributed by atoms with Crippen LogP contribution in [0, 0.1) is 0 Å². The highest BCUT2D eigenvalue weighted by molar-refractivity contribution is 6.30. The van der Waals surface area contributed by atoms with Crippen molar-refractivity contribution in [2.75, 3.05) is 5.73 Å². The Morgan fingerprint density at radius 3 is 2.68 bits per heavy atom. The Kier molecular flexibility index (Phi) is 4.06. The molecule has 6 heteroatoms. The van der Waals surface area contributed by atoms with E-state index in [9.17, 15) is 4.79 Å². The largest absolute Gasteiger partial charge is 0.396 e. The van der Waals surface area contributed by atoms with Crippen molar-refractivity contribution in [1.29, 1.82) is 0 Å². The number of carbonyl (C=O) groups excluding carboxylic acids is 1. The highest BCUT2D eigenvalue weighted by atomic mass is 35.5. The third-order valence-electron chi connectivity index (χ3n) is 2.70. The molecule has 0 unspecified atom stereocenters. The van der Waals surface area contributed by atoms with E-state index in [0.717, 1.165) is 5.56 Å². The minimum Gasteiger partial charge on any atom is -0.396 e. The number of carbonyl (C=O) groups is 1. The topological polar surface area (TPSA) is 72.9 Å². The van der Waals surface area contributed by atoms with Gasteiger partial charge >= 0.3 is 0 Å². The highest BCUT2D eigenvalue weighted by Gasteiger charge is 2.13. The number of aromatic nitrogens is 2. The van der Waals surface area contributed by atoms with Crippen LogP contribution in [-0.4, -0.2) is 15.7 Å². The van der Waals surface area contributed by atoms with Crippen LogP contribution >= 0.6 is 11.6 Å². The van der Waals surface area contributed by atoms with Gasteiger partial charge in [-0.25, -0.2) is 0 Å². The van der Waals surface area contributed by atoms with Gasteiger partial charge in [-0.05, 0) is 24.6 Å². The molecule has 1 aromatic carbocycles. The van der Waals surface area contributed by atoms with E-state index >= 15 is 0 Å². The Morgan fingerprint density at radius 1 is 1.42 bits per heavy atom. The maximum absolute atomic E-state index is 11.9. The molecule has 0 aliphatic rings. The van der Waals surface area contributed by atoms with Gasteiger partial charge in [0.05, 0.1) is 5.69 Å². The number of hydrogen-bond donors (Lipinski definition) is 2. The number of nitrogens with one attached hydrogen (secondary N) is 1. The predicted molar refractivity (Wildman–Crippen MR) is 74.9 cm³/mol. The summed E-state index contributed by atoms with van der Waals surface area (Å²) >= 11 is 5.79. The zero-order valence-electron chi connectivity index (χ0n) is 10.6. The minimum atomic E-state index is -0.278. The van der Waals surface area contributed by atoms with Gasteiger partial charge in [0.2, 0.25) is 0 Å². The first-order chi connectivity index (χ1) is 9.10. The second-order valence-corrected chi connectivity index (χ2v) is 4.53. The smallest absolute Gasteiger partial charge is 0.274 e. The fraction of sp³-hybridized carbons (Fsp3) is 0.231. The number of halogens is 1. The molecule has 0 radical (unpaired) electrons. The summed E-state index contributed by atoms with van der Waals surface area (Å²) in [6.45, 7) is 3.02. The van der Waals surface area contributed by atoms with Crippen molar-refractivity contribution in [1.82, 2.24) is 15.1 Å². The first-order valence-electron chi connectivity index (χ1n) is 5.95. The second kappa shape index (κ2) is 5.75. The fourth-order valence-corrected chi connectivity index (χ4v) is 1.77. The molecule has 0 fully saturated rings. The van der Waals surface area contributed by atoms with Gasteiger partial charge in [-0.3, -0.25) is 9.48 Å². The van der Waals surface area contributed by atoms with Crippen molar-refractivity contribution in [2.24, 2.45) is 0 Å². The van der Waals surface area contributed by atoms with Gasteiger partial charge in [0.15, 0.2) is 5.69 Å². The molecule has 1 amide bonds. The van der Waals surface area contributed by atoms with E-state index in [1.807, 2.05) is 19.1 Å². The van der Waals surface area contributed by atoms with E-state index < -0.39 is 0 Å².